The third-order valence-electron chi connectivity index (χ3n) is 7.67. The SMILES string of the molecule is CC/C=C\C[C@H]1[C@@H](CC(=O)[C@H](O)CCCCCCCC(=O)O)O[C@]2(O)CC13C(=CC2=O)NC[C@@H]3O. The van der Waals surface area contributed by atoms with Crippen LogP contribution in [0.4, 0.5) is 0 Å². The van der Waals surface area contributed by atoms with Gasteiger partial charge < -0.3 is 30.5 Å². The summed E-state index contributed by atoms with van der Waals surface area (Å²) in [5, 5.41) is 44.3. The number of aliphatic hydroxyl groups is 3. The molecule has 0 radical (unpaired) electrons. The Morgan fingerprint density at radius 2 is 1.94 bits per heavy atom. The summed E-state index contributed by atoms with van der Waals surface area (Å²) in [6, 6.07) is 0. The molecule has 9 heteroatoms. The van der Waals surface area contributed by atoms with Crippen LogP contribution in [0.2, 0.25) is 0 Å². The maximum Gasteiger partial charge on any atom is 0.303 e. The number of nitrogens with one attached hydrogen (secondary N) is 1. The predicted molar refractivity (Wildman–Crippen MR) is 127 cm³/mol. The molecular formula is C26H39NO8. The summed E-state index contributed by atoms with van der Waals surface area (Å²) >= 11 is 0. The van der Waals surface area contributed by atoms with Crippen molar-refractivity contribution in [1.82, 2.24) is 5.32 Å². The zero-order valence-electron chi connectivity index (χ0n) is 20.4. The summed E-state index contributed by atoms with van der Waals surface area (Å²) in [5.74, 6) is -4.29. The van der Waals surface area contributed by atoms with E-state index in [-0.39, 0.29) is 38.1 Å². The second-order valence-electron chi connectivity index (χ2n) is 10.1. The molecule has 2 fully saturated rings. The highest BCUT2D eigenvalue weighted by molar-refractivity contribution is 5.98. The molecule has 2 bridgehead atoms. The van der Waals surface area contributed by atoms with Crippen LogP contribution in [-0.4, -0.2) is 68.6 Å². The smallest absolute Gasteiger partial charge is 0.303 e. The van der Waals surface area contributed by atoms with E-state index in [0.717, 1.165) is 25.7 Å². The topological polar surface area (TPSA) is 153 Å². The maximum atomic E-state index is 12.9. The molecule has 2 saturated heterocycles. The van der Waals surface area contributed by atoms with Crippen molar-refractivity contribution in [3.8, 4) is 0 Å². The third kappa shape index (κ3) is 6.02. The molecule has 1 spiro atoms. The molecule has 2 heterocycles. The maximum absolute atomic E-state index is 12.9. The largest absolute Gasteiger partial charge is 0.481 e. The fraction of sp³-hybridized carbons (Fsp3) is 0.731. The van der Waals surface area contributed by atoms with E-state index in [2.05, 4.69) is 5.32 Å². The van der Waals surface area contributed by atoms with E-state index < -0.39 is 47.0 Å². The molecule has 1 aliphatic carbocycles. The standard InChI is InChI=1S/C26H39NO8/c1-2-3-7-10-17-20(13-19(29)18(28)11-8-5-4-6-9-12-24(32)33)35-26(34)16-25(17)21(14-22(26)30)27-15-23(25)31/h3,7,14,17-18,20,23,27-28,31,34H,2,4-6,8-13,15-16H2,1H3,(H,32,33)/b7-3-/t17-,18+,20+,23-,25?,26+/m0/s1. The van der Waals surface area contributed by atoms with E-state index in [1.807, 2.05) is 19.1 Å². The Morgan fingerprint density at radius 3 is 2.66 bits per heavy atom. The molecule has 6 atom stereocenters. The number of allylic oxidation sites excluding steroid dienone is 2. The van der Waals surface area contributed by atoms with Crippen molar-refractivity contribution >= 4 is 17.5 Å². The van der Waals surface area contributed by atoms with Gasteiger partial charge in [-0.15, -0.1) is 0 Å². The van der Waals surface area contributed by atoms with Gasteiger partial charge in [-0.3, -0.25) is 14.4 Å². The average molecular weight is 494 g/mol. The number of fused-ring (bicyclic) bond motifs is 1. The van der Waals surface area contributed by atoms with Crippen LogP contribution in [-0.2, 0) is 19.1 Å². The minimum Gasteiger partial charge on any atom is -0.481 e. The number of carbonyl (C=O) groups excluding carboxylic acids is 2. The number of ether oxygens (including phenoxy) is 1. The lowest BCUT2D eigenvalue weighted by Gasteiger charge is -2.54. The van der Waals surface area contributed by atoms with Crippen molar-refractivity contribution in [2.24, 2.45) is 11.3 Å². The molecule has 2 aliphatic heterocycles. The lowest BCUT2D eigenvalue weighted by atomic mass is 9.58. The van der Waals surface area contributed by atoms with E-state index in [1.54, 1.807) is 0 Å². The molecule has 0 aromatic heterocycles. The van der Waals surface area contributed by atoms with Gasteiger partial charge in [0.25, 0.3) is 0 Å². The quantitative estimate of drug-likeness (QED) is 0.181. The number of aliphatic hydroxyl groups excluding tert-OH is 2. The van der Waals surface area contributed by atoms with E-state index in [9.17, 15) is 29.7 Å². The first-order chi connectivity index (χ1) is 16.6. The fourth-order valence-electron chi connectivity index (χ4n) is 5.80. The normalized spacial score (nSPS) is 32.7. The summed E-state index contributed by atoms with van der Waals surface area (Å²) in [4.78, 5) is 36.1. The number of ketones is 2. The van der Waals surface area contributed by atoms with E-state index in [0.29, 0.717) is 25.0 Å². The highest BCUT2D eigenvalue weighted by Crippen LogP contribution is 2.57. The monoisotopic (exact) mass is 493 g/mol. The fourth-order valence-corrected chi connectivity index (χ4v) is 5.80. The molecule has 0 amide bonds. The summed E-state index contributed by atoms with van der Waals surface area (Å²) in [5.41, 5.74) is -0.344. The van der Waals surface area contributed by atoms with Gasteiger partial charge in [-0.1, -0.05) is 44.8 Å². The number of Topliss-reactive ketones (excluding diaryl/α,β-unsaturated/α-hetero) is 1. The number of hydrogen-bond acceptors (Lipinski definition) is 8. The number of carboxylic acids is 1. The first-order valence-corrected chi connectivity index (χ1v) is 12.8. The van der Waals surface area contributed by atoms with Crippen molar-refractivity contribution < 1.29 is 39.5 Å². The van der Waals surface area contributed by atoms with Gasteiger partial charge in [-0.25, -0.2) is 0 Å². The zero-order valence-corrected chi connectivity index (χ0v) is 20.4. The molecule has 3 rings (SSSR count). The molecule has 5 N–H and O–H groups in total. The van der Waals surface area contributed by atoms with Crippen LogP contribution in [0.25, 0.3) is 0 Å². The van der Waals surface area contributed by atoms with E-state index in [1.165, 1.54) is 6.08 Å². The molecular weight excluding hydrogens is 454 g/mol. The first-order valence-electron chi connectivity index (χ1n) is 12.8. The Morgan fingerprint density at radius 1 is 1.23 bits per heavy atom. The van der Waals surface area contributed by atoms with Crippen LogP contribution in [0.5, 0.6) is 0 Å². The Hall–Kier alpha value is -2.07. The van der Waals surface area contributed by atoms with Gasteiger partial charge in [-0.05, 0) is 25.7 Å². The second kappa shape index (κ2) is 11.8. The van der Waals surface area contributed by atoms with Crippen LogP contribution in [0.15, 0.2) is 23.9 Å². The third-order valence-corrected chi connectivity index (χ3v) is 7.67. The van der Waals surface area contributed by atoms with Crippen molar-refractivity contribution in [3.63, 3.8) is 0 Å². The van der Waals surface area contributed by atoms with Crippen LogP contribution in [0, 0.1) is 11.3 Å². The average Bonchev–Trinajstić information content (AvgIpc) is 3.10. The van der Waals surface area contributed by atoms with Gasteiger partial charge in [0.2, 0.25) is 11.6 Å². The van der Waals surface area contributed by atoms with Crippen LogP contribution < -0.4 is 5.32 Å². The Labute approximate surface area is 206 Å². The van der Waals surface area contributed by atoms with Crippen molar-refractivity contribution in [3.05, 3.63) is 23.9 Å². The predicted octanol–water partition coefficient (Wildman–Crippen LogP) is 1.99. The van der Waals surface area contributed by atoms with Gasteiger partial charge in [0.05, 0.1) is 12.2 Å². The lowest BCUT2D eigenvalue weighted by Crippen LogP contribution is -2.63. The number of aliphatic carboxylic acids is 1. The van der Waals surface area contributed by atoms with Crippen molar-refractivity contribution in [1.29, 1.82) is 0 Å². The summed E-state index contributed by atoms with van der Waals surface area (Å²) in [7, 11) is 0. The molecule has 3 aliphatic rings. The highest BCUT2D eigenvalue weighted by atomic mass is 16.6. The molecule has 0 saturated carbocycles. The van der Waals surface area contributed by atoms with Gasteiger partial charge >= 0.3 is 5.97 Å². The van der Waals surface area contributed by atoms with Crippen molar-refractivity contribution in [2.75, 3.05) is 6.54 Å². The van der Waals surface area contributed by atoms with Gasteiger partial charge in [-0.2, -0.15) is 0 Å². The minimum absolute atomic E-state index is 0.0708. The minimum atomic E-state index is -2.10. The summed E-state index contributed by atoms with van der Waals surface area (Å²) in [6.45, 7) is 2.25. The number of carboxylic acid groups (broad SMARTS) is 1. The van der Waals surface area contributed by atoms with Crippen LogP contribution in [0.3, 0.4) is 0 Å². The van der Waals surface area contributed by atoms with Gasteiger partial charge in [0.1, 0.15) is 6.10 Å². The summed E-state index contributed by atoms with van der Waals surface area (Å²) < 4.78 is 5.87. The Balaban J connectivity index is 1.66. The lowest BCUT2D eigenvalue weighted by molar-refractivity contribution is -0.286. The van der Waals surface area contributed by atoms with Crippen LogP contribution >= 0.6 is 0 Å². The number of carbonyl (C=O) groups is 3. The first kappa shape index (κ1) is 27.5. The molecule has 9 nitrogen and oxygen atoms in total. The van der Waals surface area contributed by atoms with Crippen molar-refractivity contribution in [2.45, 2.75) is 102 Å². The summed E-state index contributed by atoms with van der Waals surface area (Å²) in [6.07, 6.45) is 7.61. The Bertz CT molecular complexity index is 854. The molecule has 0 aromatic rings. The van der Waals surface area contributed by atoms with Gasteiger partial charge in [0.15, 0.2) is 5.78 Å². The molecule has 196 valence electrons. The molecule has 35 heavy (non-hydrogen) atoms. The van der Waals surface area contributed by atoms with Crippen LogP contribution in [0.1, 0.15) is 77.6 Å². The van der Waals surface area contributed by atoms with E-state index >= 15 is 0 Å². The number of unbranched alkanes of at least 4 members (excludes halogenated alkanes) is 4. The van der Waals surface area contributed by atoms with E-state index in [4.69, 9.17) is 9.84 Å². The second-order valence-corrected chi connectivity index (χ2v) is 10.1. The number of rotatable bonds is 14. The Kier molecular flexibility index (Phi) is 9.26. The zero-order chi connectivity index (χ0) is 25.6. The highest BCUT2D eigenvalue weighted by Gasteiger charge is 2.66. The van der Waals surface area contributed by atoms with Gasteiger partial charge in [0, 0.05) is 48.9 Å². The number of hydrogen-bond donors (Lipinski definition) is 5. The molecule has 1 unspecified atom stereocenters. The molecule has 0 aromatic carbocycles. The number of β-amino-alcohol motifs (C(OH)–C–C–N with tert-alkyl or cyclic N) is 1.